The van der Waals surface area contributed by atoms with Crippen molar-refractivity contribution in [3.63, 3.8) is 0 Å². The minimum atomic E-state index is 1.09. The smallest absolute Gasteiger partial charge is 0.124 e. The molecule has 0 bridgehead atoms. The minimum absolute atomic E-state index is 1.09. The SMILES string of the molecule is c1cnc2sc3cc4c(cc3c2c1)c1ccccc1n4-c1ccc2c3ccccc3c3ccccc3c2c1. The van der Waals surface area contributed by atoms with Gasteiger partial charge in [-0.25, -0.2) is 4.98 Å². The van der Waals surface area contributed by atoms with Gasteiger partial charge in [0.2, 0.25) is 0 Å². The Morgan fingerprint density at radius 2 is 1.08 bits per heavy atom. The number of hydrogen-bond donors (Lipinski definition) is 0. The summed E-state index contributed by atoms with van der Waals surface area (Å²) in [7, 11) is 0. The Morgan fingerprint density at radius 3 is 1.84 bits per heavy atom. The van der Waals surface area contributed by atoms with Crippen LogP contribution in [0, 0.1) is 0 Å². The first-order valence-electron chi connectivity index (χ1n) is 12.9. The highest BCUT2D eigenvalue weighted by Crippen LogP contribution is 2.41. The molecule has 0 aliphatic heterocycles. The summed E-state index contributed by atoms with van der Waals surface area (Å²) in [4.78, 5) is 5.73. The molecule has 0 unspecified atom stereocenters. The van der Waals surface area contributed by atoms with Crippen molar-refractivity contribution in [3.8, 4) is 5.69 Å². The lowest BCUT2D eigenvalue weighted by atomic mass is 9.94. The molecule has 0 atom stereocenters. The number of aromatic nitrogens is 2. The number of thiophene rings is 1. The van der Waals surface area contributed by atoms with Crippen LogP contribution in [0.25, 0.3) is 80.1 Å². The van der Waals surface area contributed by atoms with Crippen LogP contribution in [0.2, 0.25) is 0 Å². The van der Waals surface area contributed by atoms with Gasteiger partial charge in [-0.1, -0.05) is 72.8 Å². The van der Waals surface area contributed by atoms with E-state index in [2.05, 4.69) is 119 Å². The monoisotopic (exact) mass is 500 g/mol. The van der Waals surface area contributed by atoms with Crippen LogP contribution >= 0.6 is 11.3 Å². The molecular formula is C35H20N2S. The Hall–Kier alpha value is -4.73. The lowest BCUT2D eigenvalue weighted by molar-refractivity contribution is 1.19. The maximum absolute atomic E-state index is 4.64. The molecule has 0 saturated carbocycles. The quantitative estimate of drug-likeness (QED) is 0.205. The summed E-state index contributed by atoms with van der Waals surface area (Å²) in [6.07, 6.45) is 1.89. The molecule has 0 fully saturated rings. The number of rotatable bonds is 1. The van der Waals surface area contributed by atoms with Crippen molar-refractivity contribution in [1.29, 1.82) is 0 Å². The highest BCUT2D eigenvalue weighted by molar-refractivity contribution is 7.25. The second-order valence-electron chi connectivity index (χ2n) is 10.00. The summed E-state index contributed by atoms with van der Waals surface area (Å²) in [5.74, 6) is 0. The van der Waals surface area contributed by atoms with E-state index in [1.165, 1.54) is 75.3 Å². The van der Waals surface area contributed by atoms with E-state index in [1.807, 2.05) is 12.3 Å². The van der Waals surface area contributed by atoms with Gasteiger partial charge in [-0.3, -0.25) is 0 Å². The molecule has 9 aromatic rings. The third-order valence-corrected chi connectivity index (χ3v) is 9.10. The van der Waals surface area contributed by atoms with Gasteiger partial charge in [0.15, 0.2) is 0 Å². The van der Waals surface area contributed by atoms with Crippen LogP contribution in [-0.4, -0.2) is 9.55 Å². The molecule has 0 amide bonds. The fraction of sp³-hybridized carbons (Fsp3) is 0. The van der Waals surface area contributed by atoms with Gasteiger partial charge in [0.1, 0.15) is 4.83 Å². The average molecular weight is 501 g/mol. The molecule has 0 aliphatic rings. The van der Waals surface area contributed by atoms with E-state index in [1.54, 1.807) is 11.3 Å². The van der Waals surface area contributed by atoms with Crippen LogP contribution in [-0.2, 0) is 0 Å². The van der Waals surface area contributed by atoms with E-state index in [0.29, 0.717) is 0 Å². The Labute approximate surface area is 222 Å². The van der Waals surface area contributed by atoms with E-state index in [0.717, 1.165) is 4.83 Å². The number of pyridine rings is 1. The van der Waals surface area contributed by atoms with Crippen LogP contribution in [0.4, 0.5) is 0 Å². The molecule has 38 heavy (non-hydrogen) atoms. The van der Waals surface area contributed by atoms with E-state index in [4.69, 9.17) is 0 Å². The third-order valence-electron chi connectivity index (χ3n) is 8.03. The maximum atomic E-state index is 4.64. The zero-order valence-electron chi connectivity index (χ0n) is 20.3. The number of para-hydroxylation sites is 1. The maximum Gasteiger partial charge on any atom is 0.124 e. The second-order valence-corrected chi connectivity index (χ2v) is 11.0. The molecule has 0 spiro atoms. The average Bonchev–Trinajstić information content (AvgIpc) is 3.51. The van der Waals surface area contributed by atoms with Crippen LogP contribution < -0.4 is 0 Å². The van der Waals surface area contributed by atoms with E-state index >= 15 is 0 Å². The van der Waals surface area contributed by atoms with E-state index in [9.17, 15) is 0 Å². The summed E-state index contributed by atoms with van der Waals surface area (Å²) in [6, 6.07) is 42.3. The normalized spacial score (nSPS) is 12.2. The predicted octanol–water partition coefficient (Wildman–Crippen LogP) is 10.0. The molecule has 176 valence electrons. The van der Waals surface area contributed by atoms with Gasteiger partial charge >= 0.3 is 0 Å². The zero-order valence-corrected chi connectivity index (χ0v) is 21.2. The van der Waals surface area contributed by atoms with Crippen molar-refractivity contribution < 1.29 is 0 Å². The number of nitrogens with zero attached hydrogens (tertiary/aromatic N) is 2. The lowest BCUT2D eigenvalue weighted by Gasteiger charge is -2.13. The molecule has 3 aromatic heterocycles. The fourth-order valence-corrected chi connectivity index (χ4v) is 7.44. The molecule has 3 heteroatoms. The predicted molar refractivity (Wildman–Crippen MR) is 164 cm³/mol. The Kier molecular flexibility index (Phi) is 3.96. The van der Waals surface area contributed by atoms with Gasteiger partial charge in [-0.2, -0.15) is 0 Å². The Balaban J connectivity index is 1.43. The van der Waals surface area contributed by atoms with Crippen molar-refractivity contribution in [2.75, 3.05) is 0 Å². The first-order chi connectivity index (χ1) is 18.8. The summed E-state index contributed by atoms with van der Waals surface area (Å²) >= 11 is 1.77. The standard InChI is InChI=1S/C35H20N2S/c1-2-10-24-22(8-1)23-9-3-4-11-25(23)29-18-21(15-16-26(24)29)37-32-14-6-5-12-27(32)30-19-31-28-13-7-17-36-35(28)38-34(31)20-33(30)37/h1-20H. The van der Waals surface area contributed by atoms with Gasteiger partial charge in [-0.15, -0.1) is 11.3 Å². The van der Waals surface area contributed by atoms with Crippen LogP contribution in [0.15, 0.2) is 121 Å². The first kappa shape index (κ1) is 20.3. The highest BCUT2D eigenvalue weighted by atomic mass is 32.1. The summed E-state index contributed by atoms with van der Waals surface area (Å²) < 4.78 is 3.71. The first-order valence-corrected chi connectivity index (χ1v) is 13.7. The van der Waals surface area contributed by atoms with Gasteiger partial charge in [-0.05, 0) is 74.8 Å². The van der Waals surface area contributed by atoms with Gasteiger partial charge in [0, 0.05) is 38.1 Å². The van der Waals surface area contributed by atoms with Gasteiger partial charge in [0.25, 0.3) is 0 Å². The second kappa shape index (κ2) is 7.41. The van der Waals surface area contributed by atoms with Gasteiger partial charge < -0.3 is 4.57 Å². The van der Waals surface area contributed by atoms with Crippen molar-refractivity contribution in [2.24, 2.45) is 0 Å². The fourth-order valence-electron chi connectivity index (χ4n) is 6.39. The summed E-state index contributed by atoms with van der Waals surface area (Å²) in [5.41, 5.74) is 3.64. The zero-order chi connectivity index (χ0) is 24.8. The van der Waals surface area contributed by atoms with Crippen LogP contribution in [0.1, 0.15) is 0 Å². The summed E-state index contributed by atoms with van der Waals surface area (Å²) in [5, 5.41) is 12.8. The Bertz CT molecular complexity index is 2370. The lowest BCUT2D eigenvalue weighted by Crippen LogP contribution is -1.94. The van der Waals surface area contributed by atoms with E-state index in [-0.39, 0.29) is 0 Å². The molecular weight excluding hydrogens is 480 g/mol. The highest BCUT2D eigenvalue weighted by Gasteiger charge is 2.17. The van der Waals surface area contributed by atoms with E-state index < -0.39 is 0 Å². The summed E-state index contributed by atoms with van der Waals surface area (Å²) in [6.45, 7) is 0. The number of hydrogen-bond acceptors (Lipinski definition) is 2. The molecule has 0 saturated heterocycles. The largest absolute Gasteiger partial charge is 0.309 e. The van der Waals surface area contributed by atoms with Crippen molar-refractivity contribution in [3.05, 3.63) is 121 Å². The van der Waals surface area contributed by atoms with Crippen molar-refractivity contribution >= 4 is 85.8 Å². The molecule has 3 heterocycles. The van der Waals surface area contributed by atoms with Crippen molar-refractivity contribution in [1.82, 2.24) is 9.55 Å². The third kappa shape index (κ3) is 2.64. The molecule has 0 radical (unpaired) electrons. The Morgan fingerprint density at radius 1 is 0.447 bits per heavy atom. The molecule has 0 N–H and O–H groups in total. The van der Waals surface area contributed by atoms with Crippen molar-refractivity contribution in [2.45, 2.75) is 0 Å². The number of benzene rings is 6. The molecule has 9 rings (SSSR count). The van der Waals surface area contributed by atoms with Gasteiger partial charge in [0.05, 0.1) is 11.0 Å². The van der Waals surface area contributed by atoms with Crippen LogP contribution in [0.3, 0.4) is 0 Å². The minimum Gasteiger partial charge on any atom is -0.309 e. The van der Waals surface area contributed by atoms with Crippen LogP contribution in [0.5, 0.6) is 0 Å². The number of fused-ring (bicyclic) bond motifs is 12. The molecule has 6 aromatic carbocycles. The molecule has 2 nitrogen and oxygen atoms in total. The molecule has 0 aliphatic carbocycles. The topological polar surface area (TPSA) is 17.8 Å².